The van der Waals surface area contributed by atoms with Crippen molar-refractivity contribution in [2.75, 3.05) is 0 Å². The minimum atomic E-state index is -0.308. The quantitative estimate of drug-likeness (QED) is 0.608. The first-order valence-electron chi connectivity index (χ1n) is 6.78. The highest BCUT2D eigenvalue weighted by Crippen LogP contribution is 2.40. The molecule has 0 amide bonds. The molecule has 0 spiro atoms. The van der Waals surface area contributed by atoms with Gasteiger partial charge in [-0.2, -0.15) is 0 Å². The lowest BCUT2D eigenvalue weighted by atomic mass is 9.88. The minimum Gasteiger partial charge on any atom is -0.504 e. The van der Waals surface area contributed by atoms with E-state index in [1.165, 1.54) is 0 Å². The Morgan fingerprint density at radius 2 is 1.80 bits per heavy atom. The SMILES string of the molecule is CC1=C(O)C(=O)C(=C=CC(C)(C)C)C1c1ccccc1. The molecule has 0 bridgehead atoms. The van der Waals surface area contributed by atoms with Gasteiger partial charge in [-0.1, -0.05) is 51.1 Å². The van der Waals surface area contributed by atoms with E-state index in [0.29, 0.717) is 11.1 Å². The number of hydrogen-bond acceptors (Lipinski definition) is 2. The number of aliphatic hydroxyl groups excluding tert-OH is 1. The summed E-state index contributed by atoms with van der Waals surface area (Å²) in [5.41, 5.74) is 5.30. The third-order valence-electron chi connectivity index (χ3n) is 3.35. The van der Waals surface area contributed by atoms with Crippen molar-refractivity contribution in [3.8, 4) is 0 Å². The van der Waals surface area contributed by atoms with Gasteiger partial charge in [0.15, 0.2) is 5.76 Å². The molecule has 104 valence electrons. The first-order chi connectivity index (χ1) is 9.31. The van der Waals surface area contributed by atoms with Crippen molar-refractivity contribution in [2.24, 2.45) is 5.41 Å². The first-order valence-corrected chi connectivity index (χ1v) is 6.78. The maximum absolute atomic E-state index is 12.2. The number of rotatable bonds is 1. The summed E-state index contributed by atoms with van der Waals surface area (Å²) >= 11 is 0. The van der Waals surface area contributed by atoms with Crippen LogP contribution in [0.4, 0.5) is 0 Å². The lowest BCUT2D eigenvalue weighted by molar-refractivity contribution is -0.114. The van der Waals surface area contributed by atoms with Crippen molar-refractivity contribution in [3.05, 3.63) is 64.6 Å². The highest BCUT2D eigenvalue weighted by molar-refractivity contribution is 6.11. The van der Waals surface area contributed by atoms with E-state index >= 15 is 0 Å². The summed E-state index contributed by atoms with van der Waals surface area (Å²) in [6.45, 7) is 7.96. The monoisotopic (exact) mass is 268 g/mol. The number of carbonyl (C=O) groups is 1. The van der Waals surface area contributed by atoms with Crippen molar-refractivity contribution < 1.29 is 9.90 Å². The van der Waals surface area contributed by atoms with E-state index in [1.54, 1.807) is 6.92 Å². The summed E-state index contributed by atoms with van der Waals surface area (Å²) in [5, 5.41) is 9.95. The lowest BCUT2D eigenvalue weighted by Gasteiger charge is -2.13. The predicted octanol–water partition coefficient (Wildman–Crippen LogP) is 4.31. The normalized spacial score (nSPS) is 19.3. The molecule has 1 unspecified atom stereocenters. The molecule has 20 heavy (non-hydrogen) atoms. The summed E-state index contributed by atoms with van der Waals surface area (Å²) in [6.07, 6.45) is 1.89. The maximum Gasteiger partial charge on any atom is 0.231 e. The van der Waals surface area contributed by atoms with Gasteiger partial charge in [-0.15, -0.1) is 5.73 Å². The molecule has 2 heteroatoms. The fourth-order valence-corrected chi connectivity index (χ4v) is 2.30. The average Bonchev–Trinajstić information content (AvgIpc) is 2.61. The molecule has 1 aliphatic carbocycles. The Morgan fingerprint density at radius 3 is 2.35 bits per heavy atom. The molecule has 0 heterocycles. The van der Waals surface area contributed by atoms with Crippen LogP contribution in [-0.2, 0) is 4.79 Å². The van der Waals surface area contributed by atoms with Gasteiger partial charge in [0.2, 0.25) is 5.78 Å². The van der Waals surface area contributed by atoms with E-state index in [9.17, 15) is 9.90 Å². The van der Waals surface area contributed by atoms with Gasteiger partial charge < -0.3 is 5.11 Å². The second-order valence-corrected chi connectivity index (χ2v) is 6.27. The Balaban J connectivity index is 2.57. The Morgan fingerprint density at radius 1 is 1.20 bits per heavy atom. The lowest BCUT2D eigenvalue weighted by Crippen LogP contribution is -2.05. The molecule has 0 aliphatic heterocycles. The number of benzene rings is 1. The van der Waals surface area contributed by atoms with Crippen LogP contribution in [0.2, 0.25) is 0 Å². The standard InChI is InChI=1S/C18H20O2/c1-12-15(13-8-6-5-7-9-13)14(17(20)16(12)19)10-11-18(2,3)4/h5-9,11,15,19H,1-4H3. The second kappa shape index (κ2) is 5.15. The van der Waals surface area contributed by atoms with Gasteiger partial charge in [-0.3, -0.25) is 4.79 Å². The van der Waals surface area contributed by atoms with Crippen LogP contribution in [-0.4, -0.2) is 10.9 Å². The van der Waals surface area contributed by atoms with Crippen LogP contribution in [0.25, 0.3) is 0 Å². The smallest absolute Gasteiger partial charge is 0.231 e. The zero-order chi connectivity index (χ0) is 14.9. The van der Waals surface area contributed by atoms with Crippen LogP contribution >= 0.6 is 0 Å². The summed E-state index contributed by atoms with van der Waals surface area (Å²) in [4.78, 5) is 12.2. The van der Waals surface area contributed by atoms with Gasteiger partial charge in [0, 0.05) is 5.92 Å². The Labute approximate surface area is 120 Å². The number of ketones is 1. The second-order valence-electron chi connectivity index (χ2n) is 6.27. The fourth-order valence-electron chi connectivity index (χ4n) is 2.30. The summed E-state index contributed by atoms with van der Waals surface area (Å²) in [6, 6.07) is 9.76. The van der Waals surface area contributed by atoms with Crippen LogP contribution < -0.4 is 0 Å². The van der Waals surface area contributed by atoms with Crippen LogP contribution in [0.3, 0.4) is 0 Å². The van der Waals surface area contributed by atoms with Crippen molar-refractivity contribution in [2.45, 2.75) is 33.6 Å². The van der Waals surface area contributed by atoms with Crippen LogP contribution in [0.15, 0.2) is 59.0 Å². The molecule has 1 atom stereocenters. The van der Waals surface area contributed by atoms with Crippen molar-refractivity contribution >= 4 is 5.78 Å². The average molecular weight is 268 g/mol. The van der Waals surface area contributed by atoms with Crippen LogP contribution in [0.5, 0.6) is 0 Å². The Hall–Kier alpha value is -2.05. The highest BCUT2D eigenvalue weighted by atomic mass is 16.3. The van der Waals surface area contributed by atoms with E-state index < -0.39 is 0 Å². The first kappa shape index (κ1) is 14.4. The third-order valence-corrected chi connectivity index (χ3v) is 3.35. The molecule has 0 fully saturated rings. The summed E-state index contributed by atoms with van der Waals surface area (Å²) in [7, 11) is 0. The molecule has 2 rings (SSSR count). The van der Waals surface area contributed by atoms with Crippen molar-refractivity contribution in [3.63, 3.8) is 0 Å². The topological polar surface area (TPSA) is 37.3 Å². The van der Waals surface area contributed by atoms with E-state index in [0.717, 1.165) is 5.56 Å². The van der Waals surface area contributed by atoms with Crippen molar-refractivity contribution in [1.82, 2.24) is 0 Å². The largest absolute Gasteiger partial charge is 0.504 e. The molecule has 2 nitrogen and oxygen atoms in total. The van der Waals surface area contributed by atoms with E-state index in [-0.39, 0.29) is 22.9 Å². The molecule has 0 saturated heterocycles. The van der Waals surface area contributed by atoms with E-state index in [1.807, 2.05) is 36.4 Å². The van der Waals surface area contributed by atoms with Gasteiger partial charge in [-0.25, -0.2) is 0 Å². The van der Waals surface area contributed by atoms with Crippen LogP contribution in [0.1, 0.15) is 39.2 Å². The van der Waals surface area contributed by atoms with Gasteiger partial charge >= 0.3 is 0 Å². The zero-order valence-electron chi connectivity index (χ0n) is 12.4. The molecule has 1 N–H and O–H groups in total. The Bertz CT molecular complexity index is 621. The number of hydrogen-bond donors (Lipinski definition) is 1. The van der Waals surface area contributed by atoms with Gasteiger partial charge in [0.25, 0.3) is 0 Å². The highest BCUT2D eigenvalue weighted by Gasteiger charge is 2.36. The maximum atomic E-state index is 12.2. The van der Waals surface area contributed by atoms with Crippen molar-refractivity contribution in [1.29, 1.82) is 0 Å². The minimum absolute atomic E-state index is 0.0549. The van der Waals surface area contributed by atoms with Gasteiger partial charge in [0.05, 0.1) is 5.57 Å². The molecule has 0 saturated carbocycles. The molecule has 0 aromatic heterocycles. The van der Waals surface area contributed by atoms with Crippen LogP contribution in [0, 0.1) is 5.41 Å². The third kappa shape index (κ3) is 2.76. The molecule has 1 aromatic rings. The number of carbonyl (C=O) groups excluding carboxylic acids is 1. The number of allylic oxidation sites excluding steroid dienone is 2. The number of Topliss-reactive ketones (excluding diaryl/α,β-unsaturated/α-hetero) is 1. The molecule has 0 radical (unpaired) electrons. The predicted molar refractivity (Wildman–Crippen MR) is 80.6 cm³/mol. The molecule has 1 aromatic carbocycles. The summed E-state index contributed by atoms with van der Waals surface area (Å²) in [5.74, 6) is -0.636. The summed E-state index contributed by atoms with van der Waals surface area (Å²) < 4.78 is 0. The molecule has 1 aliphatic rings. The fraction of sp³-hybridized carbons (Fsp3) is 0.333. The van der Waals surface area contributed by atoms with E-state index in [4.69, 9.17) is 0 Å². The zero-order valence-corrected chi connectivity index (χ0v) is 12.4. The van der Waals surface area contributed by atoms with Gasteiger partial charge in [-0.05, 0) is 29.6 Å². The van der Waals surface area contributed by atoms with E-state index in [2.05, 4.69) is 26.5 Å². The Kier molecular flexibility index (Phi) is 3.69. The van der Waals surface area contributed by atoms with Gasteiger partial charge in [0.1, 0.15) is 0 Å². The molecular weight excluding hydrogens is 248 g/mol. The number of aliphatic hydroxyl groups is 1. The molecular formula is C18H20O2.